The maximum absolute atomic E-state index is 12.8. The van der Waals surface area contributed by atoms with Gasteiger partial charge in [-0.2, -0.15) is 0 Å². The molecule has 0 aromatic heterocycles. The Morgan fingerprint density at radius 1 is 0.723 bits per heavy atom. The zero-order valence-corrected chi connectivity index (χ0v) is 26.0. The first-order valence-corrected chi connectivity index (χ1v) is 14.6. The molecule has 47 heavy (non-hydrogen) atoms. The van der Waals surface area contributed by atoms with Crippen LogP contribution in [0.15, 0.2) is 48.5 Å². The van der Waals surface area contributed by atoms with Crippen LogP contribution in [0, 0.1) is 0 Å². The predicted molar refractivity (Wildman–Crippen MR) is 158 cm³/mol. The number of hydrogen-bond acceptors (Lipinski definition) is 13. The van der Waals surface area contributed by atoms with Gasteiger partial charge in [0.25, 0.3) is 0 Å². The standard InChI is InChI=1S/C32H35NO14/c1-16(34)41-15-26-27(44-17(2)35)28(45-18(3)36)29(46-19(4)37)31(47-26)42-14-25(30(38)39)33-32(40)43-13-24-22-11-7-5-9-20(22)21-10-6-8-12-23(21)24/h5-12,24-29,31H,13-15H2,1-4H3,(H,33,40)(H,38,39). The minimum Gasteiger partial charge on any atom is -0.480 e. The second kappa shape index (κ2) is 15.5. The van der Waals surface area contributed by atoms with Crippen LogP contribution in [0.5, 0.6) is 0 Å². The van der Waals surface area contributed by atoms with Crippen LogP contribution in [0.4, 0.5) is 4.79 Å². The van der Waals surface area contributed by atoms with Gasteiger partial charge in [-0.15, -0.1) is 0 Å². The second-order valence-corrected chi connectivity index (χ2v) is 10.8. The van der Waals surface area contributed by atoms with Crippen molar-refractivity contribution in [2.24, 2.45) is 0 Å². The number of esters is 4. The van der Waals surface area contributed by atoms with Gasteiger partial charge in [0, 0.05) is 33.6 Å². The van der Waals surface area contributed by atoms with E-state index in [-0.39, 0.29) is 12.5 Å². The third kappa shape index (κ3) is 8.83. The molecule has 15 heteroatoms. The number of rotatable bonds is 12. The predicted octanol–water partition coefficient (Wildman–Crippen LogP) is 2.08. The van der Waals surface area contributed by atoms with Gasteiger partial charge in [-0.05, 0) is 22.3 Å². The van der Waals surface area contributed by atoms with Crippen molar-refractivity contribution in [3.05, 3.63) is 59.7 Å². The first-order chi connectivity index (χ1) is 22.3. The molecule has 0 saturated carbocycles. The number of amides is 1. The summed E-state index contributed by atoms with van der Waals surface area (Å²) in [6.45, 7) is 2.98. The van der Waals surface area contributed by atoms with Gasteiger partial charge >= 0.3 is 35.9 Å². The van der Waals surface area contributed by atoms with Gasteiger partial charge in [0.1, 0.15) is 19.3 Å². The first-order valence-electron chi connectivity index (χ1n) is 14.6. The monoisotopic (exact) mass is 657 g/mol. The number of carbonyl (C=O) groups is 6. The van der Waals surface area contributed by atoms with Gasteiger partial charge < -0.3 is 43.6 Å². The molecule has 1 saturated heterocycles. The summed E-state index contributed by atoms with van der Waals surface area (Å²) in [7, 11) is 0. The summed E-state index contributed by atoms with van der Waals surface area (Å²) in [6, 6.07) is 13.7. The van der Waals surface area contributed by atoms with E-state index in [4.69, 9.17) is 33.2 Å². The summed E-state index contributed by atoms with van der Waals surface area (Å²) in [6.07, 6.45) is -8.49. The molecule has 2 aromatic carbocycles. The number of carbonyl (C=O) groups excluding carboxylic acids is 5. The lowest BCUT2D eigenvalue weighted by Gasteiger charge is -2.44. The topological polar surface area (TPSA) is 199 Å². The van der Waals surface area contributed by atoms with E-state index in [1.165, 1.54) is 0 Å². The molecule has 1 aliphatic carbocycles. The van der Waals surface area contributed by atoms with E-state index >= 15 is 0 Å². The number of aliphatic carboxylic acids is 1. The molecule has 1 fully saturated rings. The minimum absolute atomic E-state index is 0.0766. The summed E-state index contributed by atoms with van der Waals surface area (Å²) < 4.78 is 37.9. The van der Waals surface area contributed by atoms with Crippen LogP contribution in [-0.4, -0.2) is 97.6 Å². The summed E-state index contributed by atoms with van der Waals surface area (Å²) in [5, 5.41) is 12.1. The highest BCUT2D eigenvalue weighted by molar-refractivity contribution is 5.81. The quantitative estimate of drug-likeness (QED) is 0.248. The highest BCUT2D eigenvalue weighted by Gasteiger charge is 2.53. The Hall–Kier alpha value is -5.02. The van der Waals surface area contributed by atoms with Crippen LogP contribution in [0.1, 0.15) is 44.7 Å². The highest BCUT2D eigenvalue weighted by atomic mass is 16.7. The van der Waals surface area contributed by atoms with E-state index in [1.807, 2.05) is 48.5 Å². The van der Waals surface area contributed by atoms with Crippen molar-refractivity contribution in [3.8, 4) is 11.1 Å². The van der Waals surface area contributed by atoms with Crippen molar-refractivity contribution in [1.82, 2.24) is 5.32 Å². The van der Waals surface area contributed by atoms with Crippen LogP contribution in [-0.2, 0) is 57.1 Å². The Balaban J connectivity index is 1.48. The largest absolute Gasteiger partial charge is 0.480 e. The van der Waals surface area contributed by atoms with Crippen LogP contribution in [0.25, 0.3) is 11.1 Å². The summed E-state index contributed by atoms with van der Waals surface area (Å²) >= 11 is 0. The Morgan fingerprint density at radius 2 is 1.26 bits per heavy atom. The molecule has 0 radical (unpaired) electrons. The highest BCUT2D eigenvalue weighted by Crippen LogP contribution is 2.44. The van der Waals surface area contributed by atoms with E-state index in [0.717, 1.165) is 49.9 Å². The van der Waals surface area contributed by atoms with Crippen molar-refractivity contribution < 1.29 is 67.0 Å². The lowest BCUT2D eigenvalue weighted by Crippen LogP contribution is -2.63. The fraction of sp³-hybridized carbons (Fsp3) is 0.438. The number of alkyl carbamates (subject to hydrolysis) is 1. The van der Waals surface area contributed by atoms with Gasteiger partial charge in [-0.1, -0.05) is 48.5 Å². The lowest BCUT2D eigenvalue weighted by atomic mass is 9.98. The van der Waals surface area contributed by atoms with E-state index in [9.17, 15) is 33.9 Å². The molecule has 1 amide bonds. The molecule has 1 aliphatic heterocycles. The van der Waals surface area contributed by atoms with E-state index in [1.54, 1.807) is 0 Å². The average Bonchev–Trinajstić information content (AvgIpc) is 3.32. The molecule has 0 bridgehead atoms. The molecule has 0 spiro atoms. The molecule has 1 heterocycles. The van der Waals surface area contributed by atoms with Crippen molar-refractivity contribution >= 4 is 35.9 Å². The van der Waals surface area contributed by atoms with Gasteiger partial charge in [0.05, 0.1) is 6.61 Å². The number of ether oxygens (including phenoxy) is 7. The fourth-order valence-electron chi connectivity index (χ4n) is 5.47. The number of nitrogens with one attached hydrogen (secondary N) is 1. The van der Waals surface area contributed by atoms with Crippen molar-refractivity contribution in [2.75, 3.05) is 19.8 Å². The molecule has 6 atom stereocenters. The number of carboxylic acid groups (broad SMARTS) is 1. The molecule has 15 nitrogen and oxygen atoms in total. The Kier molecular flexibility index (Phi) is 11.5. The molecular formula is C32H35NO14. The average molecular weight is 658 g/mol. The molecule has 252 valence electrons. The zero-order valence-electron chi connectivity index (χ0n) is 26.0. The van der Waals surface area contributed by atoms with Gasteiger partial charge in [-0.25, -0.2) is 9.59 Å². The van der Waals surface area contributed by atoms with E-state index in [0.29, 0.717) is 0 Å². The molecule has 4 rings (SSSR count). The van der Waals surface area contributed by atoms with Crippen LogP contribution < -0.4 is 5.32 Å². The smallest absolute Gasteiger partial charge is 0.407 e. The number of hydrogen-bond donors (Lipinski definition) is 2. The third-order valence-electron chi connectivity index (χ3n) is 7.31. The lowest BCUT2D eigenvalue weighted by molar-refractivity contribution is -0.308. The maximum Gasteiger partial charge on any atom is 0.407 e. The van der Waals surface area contributed by atoms with Crippen LogP contribution in [0.2, 0.25) is 0 Å². The van der Waals surface area contributed by atoms with Crippen LogP contribution >= 0.6 is 0 Å². The number of benzene rings is 2. The molecular weight excluding hydrogens is 622 g/mol. The van der Waals surface area contributed by atoms with Crippen molar-refractivity contribution in [2.45, 2.75) is 70.4 Å². The fourth-order valence-corrected chi connectivity index (χ4v) is 5.47. The molecule has 2 N–H and O–H groups in total. The van der Waals surface area contributed by atoms with Gasteiger partial charge in [0.15, 0.2) is 30.6 Å². The SMILES string of the molecule is CC(=O)OCC1OC(OCC(NC(=O)OCC2c3ccccc3-c3ccccc32)C(=O)O)C(OC(C)=O)C(OC(C)=O)C1OC(C)=O. The summed E-state index contributed by atoms with van der Waals surface area (Å²) in [4.78, 5) is 72.4. The Bertz CT molecular complexity index is 1460. The first kappa shape index (κ1) is 34.8. The number of carboxylic acids is 1. The molecule has 6 unspecified atom stereocenters. The number of fused-ring (bicyclic) bond motifs is 3. The van der Waals surface area contributed by atoms with Gasteiger partial charge in [-0.3, -0.25) is 19.2 Å². The Morgan fingerprint density at radius 3 is 1.79 bits per heavy atom. The minimum atomic E-state index is -1.68. The van der Waals surface area contributed by atoms with Crippen LogP contribution in [0.3, 0.4) is 0 Å². The molecule has 2 aliphatic rings. The summed E-state index contributed by atoms with van der Waals surface area (Å²) in [5.74, 6) is -5.01. The zero-order chi connectivity index (χ0) is 34.2. The van der Waals surface area contributed by atoms with E-state index in [2.05, 4.69) is 5.32 Å². The normalized spacial score (nSPS) is 22.1. The third-order valence-corrected chi connectivity index (χ3v) is 7.31. The molecule has 2 aromatic rings. The summed E-state index contributed by atoms with van der Waals surface area (Å²) in [5.41, 5.74) is 3.95. The van der Waals surface area contributed by atoms with E-state index < -0.39 is 85.9 Å². The van der Waals surface area contributed by atoms with Crippen molar-refractivity contribution in [3.63, 3.8) is 0 Å². The second-order valence-electron chi connectivity index (χ2n) is 10.8. The Labute approximate surface area is 269 Å². The van der Waals surface area contributed by atoms with Crippen molar-refractivity contribution in [1.29, 1.82) is 0 Å². The maximum atomic E-state index is 12.8. The van der Waals surface area contributed by atoms with Gasteiger partial charge in [0.2, 0.25) is 0 Å².